The molecule has 0 aromatic heterocycles. The van der Waals surface area contributed by atoms with Crippen LogP contribution in [-0.2, 0) is 9.53 Å². The van der Waals surface area contributed by atoms with Gasteiger partial charge in [0.1, 0.15) is 11.9 Å². The molecule has 2 rings (SSSR count). The molecule has 1 aliphatic heterocycles. The molecule has 0 amide bonds. The second-order valence-corrected chi connectivity index (χ2v) is 3.97. The van der Waals surface area contributed by atoms with Crippen molar-refractivity contribution in [2.24, 2.45) is 17.8 Å². The van der Waals surface area contributed by atoms with Gasteiger partial charge in [0.15, 0.2) is 0 Å². The monoisotopic (exact) mass is 166 g/mol. The molecule has 2 heteroatoms. The fourth-order valence-corrected chi connectivity index (χ4v) is 2.33. The summed E-state index contributed by atoms with van der Waals surface area (Å²) in [5.41, 5.74) is 0. The molecule has 1 saturated heterocycles. The number of carbonyl (C=O) groups excluding carboxylic acids is 1. The number of allylic oxidation sites excluding steroid dienone is 1. The average Bonchev–Trinajstić information content (AvgIpc) is 2.23. The van der Waals surface area contributed by atoms with Crippen LogP contribution in [0.4, 0.5) is 0 Å². The lowest BCUT2D eigenvalue weighted by molar-refractivity contribution is -0.128. The first-order valence-electron chi connectivity index (χ1n) is 4.49. The summed E-state index contributed by atoms with van der Waals surface area (Å²) in [6, 6.07) is 0. The average molecular weight is 166 g/mol. The van der Waals surface area contributed by atoms with Gasteiger partial charge in [-0.1, -0.05) is 20.4 Å². The molecule has 1 aliphatic carbocycles. The van der Waals surface area contributed by atoms with Crippen LogP contribution in [0.2, 0.25) is 0 Å². The summed E-state index contributed by atoms with van der Waals surface area (Å²) in [4.78, 5) is 11.4. The summed E-state index contributed by atoms with van der Waals surface area (Å²) in [6.45, 7) is 7.95. The van der Waals surface area contributed by atoms with Gasteiger partial charge in [-0.15, -0.1) is 0 Å². The van der Waals surface area contributed by atoms with Crippen molar-refractivity contribution in [2.45, 2.75) is 26.4 Å². The van der Waals surface area contributed by atoms with E-state index in [2.05, 4.69) is 13.5 Å². The van der Waals surface area contributed by atoms with Crippen LogP contribution < -0.4 is 0 Å². The summed E-state index contributed by atoms with van der Waals surface area (Å²) >= 11 is 0. The zero-order valence-corrected chi connectivity index (χ0v) is 7.54. The van der Waals surface area contributed by atoms with Gasteiger partial charge in [0.2, 0.25) is 0 Å². The SMILES string of the molecule is C=C1O[C@H]2C(C)C(=O)CC1C2C. The van der Waals surface area contributed by atoms with Crippen molar-refractivity contribution >= 4 is 5.78 Å². The number of fused-ring (bicyclic) bond motifs is 2. The summed E-state index contributed by atoms with van der Waals surface area (Å²) < 4.78 is 5.56. The lowest BCUT2D eigenvalue weighted by atomic mass is 9.74. The van der Waals surface area contributed by atoms with E-state index in [9.17, 15) is 4.79 Å². The maximum atomic E-state index is 11.4. The third-order valence-electron chi connectivity index (χ3n) is 3.28. The fourth-order valence-electron chi connectivity index (χ4n) is 2.33. The van der Waals surface area contributed by atoms with Gasteiger partial charge in [0.25, 0.3) is 0 Å². The van der Waals surface area contributed by atoms with E-state index < -0.39 is 0 Å². The minimum atomic E-state index is 0.0653. The van der Waals surface area contributed by atoms with Crippen molar-refractivity contribution in [3.8, 4) is 0 Å². The quantitative estimate of drug-likeness (QED) is 0.548. The van der Waals surface area contributed by atoms with Gasteiger partial charge in [-0.05, 0) is 0 Å². The van der Waals surface area contributed by atoms with E-state index >= 15 is 0 Å². The van der Waals surface area contributed by atoms with Crippen LogP contribution >= 0.6 is 0 Å². The summed E-state index contributed by atoms with van der Waals surface area (Å²) in [6.07, 6.45) is 0.737. The van der Waals surface area contributed by atoms with E-state index in [4.69, 9.17) is 4.74 Å². The van der Waals surface area contributed by atoms with Crippen LogP contribution in [0.5, 0.6) is 0 Å². The van der Waals surface area contributed by atoms with Crippen molar-refractivity contribution in [1.82, 2.24) is 0 Å². The Hall–Kier alpha value is -0.790. The first-order valence-corrected chi connectivity index (χ1v) is 4.49. The Bertz CT molecular complexity index is 242. The zero-order chi connectivity index (χ0) is 8.88. The molecule has 0 spiro atoms. The van der Waals surface area contributed by atoms with Crippen LogP contribution in [0.1, 0.15) is 20.3 Å². The third kappa shape index (κ3) is 0.838. The molecule has 0 aromatic carbocycles. The molecule has 66 valence electrons. The van der Waals surface area contributed by atoms with Crippen molar-refractivity contribution < 1.29 is 9.53 Å². The van der Waals surface area contributed by atoms with Gasteiger partial charge >= 0.3 is 0 Å². The normalized spacial score (nSPS) is 46.2. The molecule has 0 radical (unpaired) electrons. The Morgan fingerprint density at radius 2 is 2.17 bits per heavy atom. The molecule has 1 saturated carbocycles. The molecule has 2 bridgehead atoms. The number of carbonyl (C=O) groups is 1. The molecular weight excluding hydrogens is 152 g/mol. The van der Waals surface area contributed by atoms with Crippen molar-refractivity contribution in [1.29, 1.82) is 0 Å². The largest absolute Gasteiger partial charge is 0.494 e. The van der Waals surface area contributed by atoms with Crippen LogP contribution in [0.3, 0.4) is 0 Å². The van der Waals surface area contributed by atoms with Crippen LogP contribution in [0, 0.1) is 17.8 Å². The molecular formula is C10H14O2. The van der Waals surface area contributed by atoms with Gasteiger partial charge < -0.3 is 4.74 Å². The van der Waals surface area contributed by atoms with Crippen LogP contribution in [0.25, 0.3) is 0 Å². The highest BCUT2D eigenvalue weighted by molar-refractivity contribution is 5.83. The Kier molecular flexibility index (Phi) is 1.53. The van der Waals surface area contributed by atoms with Crippen molar-refractivity contribution in [3.05, 3.63) is 12.3 Å². The number of ketones is 1. The van der Waals surface area contributed by atoms with Crippen LogP contribution in [0.15, 0.2) is 12.3 Å². The molecule has 0 N–H and O–H groups in total. The van der Waals surface area contributed by atoms with Gasteiger partial charge in [-0.3, -0.25) is 4.79 Å². The molecule has 2 fully saturated rings. The van der Waals surface area contributed by atoms with E-state index in [-0.39, 0.29) is 12.0 Å². The van der Waals surface area contributed by atoms with E-state index in [1.807, 2.05) is 6.92 Å². The first kappa shape index (κ1) is 7.84. The summed E-state index contributed by atoms with van der Waals surface area (Å²) in [5, 5.41) is 0. The highest BCUT2D eigenvalue weighted by Gasteiger charge is 2.48. The minimum absolute atomic E-state index is 0.0653. The maximum absolute atomic E-state index is 11.4. The minimum Gasteiger partial charge on any atom is -0.494 e. The second-order valence-electron chi connectivity index (χ2n) is 3.97. The zero-order valence-electron chi connectivity index (χ0n) is 7.54. The molecule has 1 heterocycles. The van der Waals surface area contributed by atoms with Crippen molar-refractivity contribution in [2.75, 3.05) is 0 Å². The van der Waals surface area contributed by atoms with E-state index in [1.165, 1.54) is 0 Å². The number of Topliss-reactive ketones (excluding diaryl/α,β-unsaturated/α-hetero) is 1. The molecule has 12 heavy (non-hydrogen) atoms. The molecule has 2 aliphatic rings. The van der Waals surface area contributed by atoms with Gasteiger partial charge in [-0.2, -0.15) is 0 Å². The molecule has 3 unspecified atom stereocenters. The maximum Gasteiger partial charge on any atom is 0.140 e. The number of ether oxygens (including phenoxy) is 1. The lowest BCUT2D eigenvalue weighted by Crippen LogP contribution is -2.36. The Morgan fingerprint density at radius 3 is 2.83 bits per heavy atom. The highest BCUT2D eigenvalue weighted by atomic mass is 16.5. The predicted octanol–water partition coefficient (Wildman–Crippen LogP) is 1.76. The van der Waals surface area contributed by atoms with E-state index in [1.54, 1.807) is 0 Å². The van der Waals surface area contributed by atoms with Gasteiger partial charge in [0, 0.05) is 18.3 Å². The van der Waals surface area contributed by atoms with E-state index in [0.717, 1.165) is 5.76 Å². The van der Waals surface area contributed by atoms with Crippen molar-refractivity contribution in [3.63, 3.8) is 0 Å². The fraction of sp³-hybridized carbons (Fsp3) is 0.700. The highest BCUT2D eigenvalue weighted by Crippen LogP contribution is 2.44. The van der Waals surface area contributed by atoms with E-state index in [0.29, 0.717) is 24.0 Å². The first-order chi connectivity index (χ1) is 5.61. The summed E-state index contributed by atoms with van der Waals surface area (Å²) in [7, 11) is 0. The summed E-state index contributed by atoms with van der Waals surface area (Å²) in [5.74, 6) is 1.99. The number of rotatable bonds is 0. The standard InChI is InChI=1S/C10H14O2/c1-5-8-4-9(11)6(2)10(5)12-7(8)3/h5-6,8,10H,3-4H2,1-2H3/t5?,6?,8?,10-/m1/s1. The number of hydrogen-bond acceptors (Lipinski definition) is 2. The Labute approximate surface area is 72.6 Å². The molecule has 2 nitrogen and oxygen atoms in total. The third-order valence-corrected chi connectivity index (χ3v) is 3.28. The Morgan fingerprint density at radius 1 is 1.50 bits per heavy atom. The van der Waals surface area contributed by atoms with Gasteiger partial charge in [-0.25, -0.2) is 0 Å². The number of hydrogen-bond donors (Lipinski definition) is 0. The topological polar surface area (TPSA) is 26.3 Å². The van der Waals surface area contributed by atoms with Crippen LogP contribution in [-0.4, -0.2) is 11.9 Å². The lowest BCUT2D eigenvalue weighted by Gasteiger charge is -2.27. The smallest absolute Gasteiger partial charge is 0.140 e. The Balaban J connectivity index is 2.31. The molecule has 4 atom stereocenters. The predicted molar refractivity (Wildman–Crippen MR) is 45.5 cm³/mol. The van der Waals surface area contributed by atoms with Gasteiger partial charge in [0.05, 0.1) is 11.7 Å². The molecule has 0 aromatic rings. The second kappa shape index (κ2) is 2.35.